The maximum Gasteiger partial charge on any atom is 0.349 e. The molecule has 1 spiro atoms. The fourth-order valence-corrected chi connectivity index (χ4v) is 4.63. The molecule has 2 heterocycles. The van der Waals surface area contributed by atoms with E-state index >= 15 is 0 Å². The minimum atomic E-state index is -2.36. The monoisotopic (exact) mass is 319 g/mol. The molecule has 0 aromatic rings. The lowest BCUT2D eigenvalue weighted by molar-refractivity contribution is -0.179. The van der Waals surface area contributed by atoms with Gasteiger partial charge in [-0.1, -0.05) is 6.08 Å². The van der Waals surface area contributed by atoms with E-state index in [2.05, 4.69) is 6.58 Å². The zero-order chi connectivity index (χ0) is 17.0. The summed E-state index contributed by atoms with van der Waals surface area (Å²) in [7, 11) is 1.14. The van der Waals surface area contributed by atoms with E-state index in [-0.39, 0.29) is 11.9 Å². The van der Waals surface area contributed by atoms with Gasteiger partial charge in [-0.3, -0.25) is 9.59 Å². The van der Waals surface area contributed by atoms with Crippen LogP contribution in [0.1, 0.15) is 39.0 Å². The average Bonchev–Trinajstić information content (AvgIpc) is 2.96. The summed E-state index contributed by atoms with van der Waals surface area (Å²) in [5.41, 5.74) is -2.61. The van der Waals surface area contributed by atoms with Gasteiger partial charge in [0, 0.05) is 6.42 Å². The second kappa shape index (κ2) is 5.03. The number of amides is 1. The quantitative estimate of drug-likeness (QED) is 0.464. The van der Waals surface area contributed by atoms with Crippen LogP contribution in [0.2, 0.25) is 0 Å². The molecule has 6 nitrogen and oxygen atoms in total. The first-order valence-electron chi connectivity index (χ1n) is 7.86. The van der Waals surface area contributed by atoms with Crippen LogP contribution in [0.4, 0.5) is 0 Å². The largest absolute Gasteiger partial charge is 0.466 e. The van der Waals surface area contributed by atoms with Crippen molar-refractivity contribution in [1.82, 2.24) is 4.90 Å². The predicted octanol–water partition coefficient (Wildman–Crippen LogP) is 0.889. The van der Waals surface area contributed by atoms with Gasteiger partial charge < -0.3 is 14.7 Å². The highest BCUT2D eigenvalue weighted by Gasteiger charge is 2.73. The molecule has 0 unspecified atom stereocenters. The molecule has 1 amide bonds. The molecule has 1 N–H and O–H groups in total. The van der Waals surface area contributed by atoms with E-state index in [1.54, 1.807) is 13.0 Å². The molecule has 0 aromatic carbocycles. The van der Waals surface area contributed by atoms with Crippen molar-refractivity contribution >= 4 is 17.7 Å². The molecule has 3 atom stereocenters. The molecular formula is C17H21NO5. The van der Waals surface area contributed by atoms with Crippen molar-refractivity contribution in [2.45, 2.75) is 56.2 Å². The van der Waals surface area contributed by atoms with E-state index in [1.807, 2.05) is 0 Å². The van der Waals surface area contributed by atoms with Crippen LogP contribution >= 0.6 is 0 Å². The molecule has 0 bridgehead atoms. The second-order valence-electron chi connectivity index (χ2n) is 6.45. The van der Waals surface area contributed by atoms with Gasteiger partial charge >= 0.3 is 5.97 Å². The van der Waals surface area contributed by atoms with Gasteiger partial charge in [-0.05, 0) is 43.8 Å². The Hall–Kier alpha value is -1.95. The highest BCUT2D eigenvalue weighted by atomic mass is 16.5. The Balaban J connectivity index is 2.31. The summed E-state index contributed by atoms with van der Waals surface area (Å²) in [5.74, 6) is -1.81. The number of ether oxygens (including phenoxy) is 1. The number of rotatable bonds is 2. The van der Waals surface area contributed by atoms with Gasteiger partial charge in [-0.15, -0.1) is 6.58 Å². The van der Waals surface area contributed by atoms with Crippen LogP contribution in [-0.2, 0) is 19.1 Å². The zero-order valence-electron chi connectivity index (χ0n) is 13.4. The summed E-state index contributed by atoms with van der Waals surface area (Å²) in [6, 6.07) is -0.300. The first-order chi connectivity index (χ1) is 10.9. The maximum atomic E-state index is 12.8. The van der Waals surface area contributed by atoms with Crippen molar-refractivity contribution in [2.24, 2.45) is 0 Å². The fraction of sp³-hybridized carbons (Fsp3) is 0.588. The number of Topliss-reactive ketones (excluding diaryl/α,β-unsaturated/α-hetero) is 1. The number of carbonyl (C=O) groups excluding carboxylic acids is 3. The van der Waals surface area contributed by atoms with Gasteiger partial charge in [0.15, 0.2) is 0 Å². The minimum Gasteiger partial charge on any atom is -0.466 e. The standard InChI is InChI=1S/C17H21NO5/c1-4-11-8-9-16-12(6-5-7-13(19)18(11)16)10(2)14(20)17(16,22)15(21)23-3/h4,11,22H,1,5-9H2,2-3H3/t11-,16-,17+/m0/s1. The number of ketones is 1. The molecular weight excluding hydrogens is 298 g/mol. The first kappa shape index (κ1) is 15.9. The van der Waals surface area contributed by atoms with E-state index in [1.165, 1.54) is 4.90 Å². The normalized spacial score (nSPS) is 36.7. The number of esters is 1. The third kappa shape index (κ3) is 1.64. The highest BCUT2D eigenvalue weighted by Crippen LogP contribution is 2.56. The Morgan fingerprint density at radius 2 is 2.13 bits per heavy atom. The lowest BCUT2D eigenvalue weighted by Crippen LogP contribution is -2.68. The molecule has 6 heteroatoms. The first-order valence-corrected chi connectivity index (χ1v) is 7.86. The van der Waals surface area contributed by atoms with E-state index < -0.39 is 22.9 Å². The predicted molar refractivity (Wildman–Crippen MR) is 81.3 cm³/mol. The third-order valence-electron chi connectivity index (χ3n) is 5.60. The molecule has 0 aromatic heterocycles. The van der Waals surface area contributed by atoms with Crippen molar-refractivity contribution in [1.29, 1.82) is 0 Å². The van der Waals surface area contributed by atoms with Crippen LogP contribution < -0.4 is 0 Å². The molecule has 0 radical (unpaired) electrons. The molecule has 124 valence electrons. The van der Waals surface area contributed by atoms with Gasteiger partial charge in [0.2, 0.25) is 11.7 Å². The number of carbonyl (C=O) groups is 3. The van der Waals surface area contributed by atoms with Crippen molar-refractivity contribution in [2.75, 3.05) is 7.11 Å². The maximum absolute atomic E-state index is 12.8. The Morgan fingerprint density at radius 1 is 1.43 bits per heavy atom. The average molecular weight is 319 g/mol. The van der Waals surface area contributed by atoms with Crippen LogP contribution in [0.25, 0.3) is 0 Å². The van der Waals surface area contributed by atoms with E-state index in [0.29, 0.717) is 43.3 Å². The van der Waals surface area contributed by atoms with Gasteiger partial charge in [0.25, 0.3) is 5.60 Å². The van der Waals surface area contributed by atoms with Crippen LogP contribution in [-0.4, -0.2) is 52.0 Å². The van der Waals surface area contributed by atoms with Gasteiger partial charge in [-0.25, -0.2) is 4.79 Å². The van der Waals surface area contributed by atoms with Crippen LogP contribution in [0.15, 0.2) is 23.8 Å². The Kier molecular flexibility index (Phi) is 3.48. The SMILES string of the molecule is C=C[C@H]1CC[C@]23C(=C(C)C(=O)[C@@]2(O)C(=O)OC)CCCC(=O)N13. The summed E-state index contributed by atoms with van der Waals surface area (Å²) < 4.78 is 4.75. The number of hydrogen-bond acceptors (Lipinski definition) is 5. The van der Waals surface area contributed by atoms with Crippen LogP contribution in [0.5, 0.6) is 0 Å². The fourth-order valence-electron chi connectivity index (χ4n) is 4.63. The Labute approximate surface area is 134 Å². The lowest BCUT2D eigenvalue weighted by atomic mass is 9.75. The summed E-state index contributed by atoms with van der Waals surface area (Å²) in [5, 5.41) is 11.2. The number of aliphatic hydroxyl groups is 1. The molecule has 1 aliphatic carbocycles. The smallest absolute Gasteiger partial charge is 0.349 e. The van der Waals surface area contributed by atoms with Crippen LogP contribution in [0.3, 0.4) is 0 Å². The second-order valence-corrected chi connectivity index (χ2v) is 6.45. The minimum absolute atomic E-state index is 0.160. The van der Waals surface area contributed by atoms with E-state index in [9.17, 15) is 19.5 Å². The molecule has 3 aliphatic rings. The summed E-state index contributed by atoms with van der Waals surface area (Å²) in [6.45, 7) is 5.39. The molecule has 3 rings (SSSR count). The molecule has 2 aliphatic heterocycles. The number of hydrogen-bond donors (Lipinski definition) is 1. The van der Waals surface area contributed by atoms with Crippen molar-refractivity contribution in [3.8, 4) is 0 Å². The molecule has 2 saturated heterocycles. The number of methoxy groups -OCH3 is 1. The third-order valence-corrected chi connectivity index (χ3v) is 5.60. The number of nitrogens with zero attached hydrogens (tertiary/aromatic N) is 1. The Morgan fingerprint density at radius 3 is 2.74 bits per heavy atom. The highest BCUT2D eigenvalue weighted by molar-refractivity contribution is 6.20. The summed E-state index contributed by atoms with van der Waals surface area (Å²) >= 11 is 0. The van der Waals surface area contributed by atoms with Crippen molar-refractivity contribution < 1.29 is 24.2 Å². The Bertz CT molecular complexity index is 651. The van der Waals surface area contributed by atoms with Gasteiger partial charge in [0.05, 0.1) is 13.2 Å². The topological polar surface area (TPSA) is 83.9 Å². The van der Waals surface area contributed by atoms with Gasteiger partial charge in [-0.2, -0.15) is 0 Å². The lowest BCUT2D eigenvalue weighted by Gasteiger charge is -2.45. The summed E-state index contributed by atoms with van der Waals surface area (Å²) in [4.78, 5) is 39.4. The van der Waals surface area contributed by atoms with E-state index in [0.717, 1.165) is 7.11 Å². The van der Waals surface area contributed by atoms with Crippen molar-refractivity contribution in [3.05, 3.63) is 23.8 Å². The molecule has 2 fully saturated rings. The molecule has 0 saturated carbocycles. The molecule has 23 heavy (non-hydrogen) atoms. The van der Waals surface area contributed by atoms with Gasteiger partial charge in [0.1, 0.15) is 5.54 Å². The zero-order valence-corrected chi connectivity index (χ0v) is 13.4. The van der Waals surface area contributed by atoms with E-state index in [4.69, 9.17) is 4.74 Å². The van der Waals surface area contributed by atoms with Crippen LogP contribution in [0, 0.1) is 0 Å². The van der Waals surface area contributed by atoms with Crippen molar-refractivity contribution in [3.63, 3.8) is 0 Å². The summed E-state index contributed by atoms with van der Waals surface area (Å²) in [6.07, 6.45) is 3.99.